The maximum atomic E-state index is 8.73. The van der Waals surface area contributed by atoms with Crippen LogP contribution in [0, 0.1) is 18.3 Å². The number of hydrogen-bond acceptors (Lipinski definition) is 1. The first-order chi connectivity index (χ1) is 8.19. The summed E-state index contributed by atoms with van der Waals surface area (Å²) in [7, 11) is 5.94. The number of benzene rings is 2. The molecule has 0 aliphatic rings. The zero-order valence-corrected chi connectivity index (χ0v) is 9.77. The Morgan fingerprint density at radius 1 is 1.12 bits per heavy atom. The molecule has 0 aliphatic carbocycles. The van der Waals surface area contributed by atoms with Crippen LogP contribution in [0.2, 0.25) is 0 Å². The standard InChI is InChI=1S/C15H12BN/c1-11-2-7-15(16)14(8-11)9-12-3-5-13(10-17)6-4-12/h2-8H,9H2,1H3. The molecule has 0 saturated heterocycles. The molecule has 0 atom stereocenters. The molecule has 2 rings (SSSR count). The number of nitrogens with zero attached hydrogens (tertiary/aromatic N) is 1. The summed E-state index contributed by atoms with van der Waals surface area (Å²) in [5.41, 5.74) is 5.02. The van der Waals surface area contributed by atoms with Crippen molar-refractivity contribution in [3.8, 4) is 6.07 Å². The summed E-state index contributed by atoms with van der Waals surface area (Å²) in [4.78, 5) is 0. The third kappa shape index (κ3) is 2.76. The van der Waals surface area contributed by atoms with Crippen molar-refractivity contribution in [1.82, 2.24) is 0 Å². The fraction of sp³-hybridized carbons (Fsp3) is 0.133. The molecule has 0 spiro atoms. The van der Waals surface area contributed by atoms with Crippen LogP contribution in [0.4, 0.5) is 0 Å². The molecule has 80 valence electrons. The van der Waals surface area contributed by atoms with Gasteiger partial charge in [-0.1, -0.05) is 46.9 Å². The molecule has 0 unspecified atom stereocenters. The van der Waals surface area contributed by atoms with E-state index in [4.69, 9.17) is 13.1 Å². The van der Waals surface area contributed by atoms with Gasteiger partial charge in [0, 0.05) is 0 Å². The van der Waals surface area contributed by atoms with Crippen LogP contribution in [-0.2, 0) is 6.42 Å². The van der Waals surface area contributed by atoms with Gasteiger partial charge in [-0.25, -0.2) is 0 Å². The molecule has 0 aromatic heterocycles. The van der Waals surface area contributed by atoms with Gasteiger partial charge in [0.2, 0.25) is 0 Å². The summed E-state index contributed by atoms with van der Waals surface area (Å²) in [5, 5.41) is 8.73. The molecule has 0 bridgehead atoms. The van der Waals surface area contributed by atoms with Crippen molar-refractivity contribution in [2.75, 3.05) is 0 Å². The minimum Gasteiger partial charge on any atom is -0.192 e. The number of aryl methyl sites for hydroxylation is 1. The molecule has 0 amide bonds. The Kier molecular flexibility index (Phi) is 3.30. The summed E-state index contributed by atoms with van der Waals surface area (Å²) >= 11 is 0. The van der Waals surface area contributed by atoms with Gasteiger partial charge in [-0.05, 0) is 31.0 Å². The highest BCUT2D eigenvalue weighted by atomic mass is 14.2. The van der Waals surface area contributed by atoms with Gasteiger partial charge in [-0.15, -0.1) is 0 Å². The molecule has 0 heterocycles. The third-order valence-corrected chi connectivity index (χ3v) is 2.78. The van der Waals surface area contributed by atoms with E-state index < -0.39 is 0 Å². The normalized spacial score (nSPS) is 9.88. The number of hydrogen-bond donors (Lipinski definition) is 0. The molecule has 2 aromatic rings. The zero-order chi connectivity index (χ0) is 12.3. The van der Waals surface area contributed by atoms with E-state index in [2.05, 4.69) is 19.1 Å². The van der Waals surface area contributed by atoms with E-state index in [9.17, 15) is 0 Å². The van der Waals surface area contributed by atoms with Crippen LogP contribution in [0.15, 0.2) is 42.5 Å². The van der Waals surface area contributed by atoms with Crippen molar-refractivity contribution in [3.63, 3.8) is 0 Å². The number of nitriles is 1. The highest BCUT2D eigenvalue weighted by Gasteiger charge is 2.00. The van der Waals surface area contributed by atoms with Crippen LogP contribution >= 0.6 is 0 Å². The lowest BCUT2D eigenvalue weighted by atomic mass is 9.86. The fourth-order valence-electron chi connectivity index (χ4n) is 1.80. The summed E-state index contributed by atoms with van der Waals surface area (Å²) in [6, 6.07) is 15.8. The molecule has 0 fully saturated rings. The van der Waals surface area contributed by atoms with Gasteiger partial charge in [-0.3, -0.25) is 0 Å². The molecule has 0 aliphatic heterocycles. The lowest BCUT2D eigenvalue weighted by Crippen LogP contribution is -2.10. The molecule has 1 nitrogen and oxygen atoms in total. The van der Waals surface area contributed by atoms with Crippen molar-refractivity contribution >= 4 is 13.3 Å². The fourth-order valence-corrected chi connectivity index (χ4v) is 1.80. The Labute approximate surface area is 103 Å². The van der Waals surface area contributed by atoms with E-state index in [-0.39, 0.29) is 0 Å². The van der Waals surface area contributed by atoms with Crippen molar-refractivity contribution < 1.29 is 0 Å². The summed E-state index contributed by atoms with van der Waals surface area (Å²) in [5.74, 6) is 0. The molecular formula is C15H12BN. The minimum atomic E-state index is 0.686. The van der Waals surface area contributed by atoms with Crippen LogP contribution < -0.4 is 5.46 Å². The highest BCUT2D eigenvalue weighted by Crippen LogP contribution is 2.10. The molecule has 2 heteroatoms. The lowest BCUT2D eigenvalue weighted by Gasteiger charge is -2.07. The van der Waals surface area contributed by atoms with Gasteiger partial charge in [0.1, 0.15) is 7.85 Å². The zero-order valence-electron chi connectivity index (χ0n) is 9.77. The first kappa shape index (κ1) is 11.5. The lowest BCUT2D eigenvalue weighted by molar-refractivity contribution is 1.19. The van der Waals surface area contributed by atoms with Gasteiger partial charge >= 0.3 is 0 Å². The predicted molar refractivity (Wildman–Crippen MR) is 70.5 cm³/mol. The quantitative estimate of drug-likeness (QED) is 0.707. The van der Waals surface area contributed by atoms with E-state index in [0.717, 1.165) is 17.4 Å². The first-order valence-electron chi connectivity index (χ1n) is 5.53. The predicted octanol–water partition coefficient (Wildman–Crippen LogP) is 2.25. The molecular weight excluding hydrogens is 205 g/mol. The Morgan fingerprint density at radius 2 is 1.82 bits per heavy atom. The molecule has 17 heavy (non-hydrogen) atoms. The van der Waals surface area contributed by atoms with Crippen molar-refractivity contribution in [2.24, 2.45) is 0 Å². The van der Waals surface area contributed by atoms with Crippen molar-refractivity contribution in [1.29, 1.82) is 5.26 Å². The van der Waals surface area contributed by atoms with Gasteiger partial charge < -0.3 is 0 Å². The molecule has 0 N–H and O–H groups in total. The van der Waals surface area contributed by atoms with E-state index in [1.165, 1.54) is 11.1 Å². The van der Waals surface area contributed by atoms with Crippen LogP contribution in [0.25, 0.3) is 0 Å². The summed E-state index contributed by atoms with van der Waals surface area (Å²) in [6.45, 7) is 2.06. The van der Waals surface area contributed by atoms with Gasteiger partial charge in [0.15, 0.2) is 0 Å². The second-order valence-corrected chi connectivity index (χ2v) is 4.19. The first-order valence-corrected chi connectivity index (χ1v) is 5.53. The maximum absolute atomic E-state index is 8.73. The Bertz CT molecular complexity index is 564. The second kappa shape index (κ2) is 4.89. The minimum absolute atomic E-state index is 0.686. The average Bonchev–Trinajstić information content (AvgIpc) is 2.35. The number of rotatable bonds is 2. The van der Waals surface area contributed by atoms with Crippen LogP contribution in [0.3, 0.4) is 0 Å². The van der Waals surface area contributed by atoms with Gasteiger partial charge in [-0.2, -0.15) is 5.26 Å². The average molecular weight is 217 g/mol. The van der Waals surface area contributed by atoms with E-state index in [1.807, 2.05) is 36.4 Å². The maximum Gasteiger partial charge on any atom is 0.114 e. The second-order valence-electron chi connectivity index (χ2n) is 4.19. The summed E-state index contributed by atoms with van der Waals surface area (Å²) in [6.07, 6.45) is 0.805. The van der Waals surface area contributed by atoms with Gasteiger partial charge in [0.05, 0.1) is 11.6 Å². The molecule has 2 radical (unpaired) electrons. The van der Waals surface area contributed by atoms with Gasteiger partial charge in [0.25, 0.3) is 0 Å². The van der Waals surface area contributed by atoms with Crippen LogP contribution in [-0.4, -0.2) is 7.85 Å². The Hall–Kier alpha value is -2.01. The highest BCUT2D eigenvalue weighted by molar-refractivity contribution is 6.33. The van der Waals surface area contributed by atoms with E-state index in [0.29, 0.717) is 5.56 Å². The topological polar surface area (TPSA) is 23.8 Å². The Morgan fingerprint density at radius 3 is 2.47 bits per heavy atom. The van der Waals surface area contributed by atoms with E-state index in [1.54, 1.807) is 0 Å². The van der Waals surface area contributed by atoms with Crippen molar-refractivity contribution in [2.45, 2.75) is 13.3 Å². The van der Waals surface area contributed by atoms with E-state index >= 15 is 0 Å². The Balaban J connectivity index is 2.25. The SMILES string of the molecule is [B]c1ccc(C)cc1Cc1ccc(C#N)cc1. The van der Waals surface area contributed by atoms with Crippen LogP contribution in [0.1, 0.15) is 22.3 Å². The molecule has 0 saturated carbocycles. The van der Waals surface area contributed by atoms with Crippen LogP contribution in [0.5, 0.6) is 0 Å². The smallest absolute Gasteiger partial charge is 0.114 e. The van der Waals surface area contributed by atoms with Crippen molar-refractivity contribution in [3.05, 3.63) is 64.7 Å². The molecule has 2 aromatic carbocycles. The largest absolute Gasteiger partial charge is 0.192 e. The third-order valence-electron chi connectivity index (χ3n) is 2.78. The monoisotopic (exact) mass is 217 g/mol. The summed E-state index contributed by atoms with van der Waals surface area (Å²) < 4.78 is 0.